The van der Waals surface area contributed by atoms with E-state index in [2.05, 4.69) is 4.98 Å². The Morgan fingerprint density at radius 3 is 2.93 bits per heavy atom. The van der Waals surface area contributed by atoms with Gasteiger partial charge in [0.25, 0.3) is 5.56 Å². The number of nitrogens with zero attached hydrogens (tertiary/aromatic N) is 1. The van der Waals surface area contributed by atoms with Gasteiger partial charge in [-0.3, -0.25) is 4.79 Å². The van der Waals surface area contributed by atoms with E-state index in [1.54, 1.807) is 13.0 Å². The van der Waals surface area contributed by atoms with Crippen molar-refractivity contribution >= 4 is 0 Å². The van der Waals surface area contributed by atoms with E-state index in [1.165, 1.54) is 12.3 Å². The van der Waals surface area contributed by atoms with Crippen molar-refractivity contribution in [2.75, 3.05) is 6.61 Å². The lowest BCUT2D eigenvalue weighted by molar-refractivity contribution is 0.209. The number of H-pyrrole nitrogens is 1. The maximum absolute atomic E-state index is 11.0. The molecule has 0 amide bonds. The fourth-order valence-corrected chi connectivity index (χ4v) is 0.988. The minimum Gasteiger partial charge on any atom is -0.394 e. The molecular formula is C9H11N3O2. The summed E-state index contributed by atoms with van der Waals surface area (Å²) in [5.74, 6) is 0. The first-order valence-corrected chi connectivity index (χ1v) is 4.04. The van der Waals surface area contributed by atoms with Crippen LogP contribution in [0.1, 0.15) is 18.1 Å². The lowest BCUT2D eigenvalue weighted by atomic mass is 9.95. The molecule has 0 radical (unpaired) electrons. The summed E-state index contributed by atoms with van der Waals surface area (Å²) in [7, 11) is 0. The van der Waals surface area contributed by atoms with Gasteiger partial charge < -0.3 is 15.8 Å². The molecule has 0 aromatic carbocycles. The Hall–Kier alpha value is -1.64. The lowest BCUT2D eigenvalue weighted by Gasteiger charge is -2.21. The van der Waals surface area contributed by atoms with E-state index in [0.29, 0.717) is 5.56 Å². The summed E-state index contributed by atoms with van der Waals surface area (Å²) in [6.45, 7) is 1.35. The summed E-state index contributed by atoms with van der Waals surface area (Å²) < 4.78 is 0. The van der Waals surface area contributed by atoms with Gasteiger partial charge in [-0.25, -0.2) is 0 Å². The topological polar surface area (TPSA) is 103 Å². The average molecular weight is 193 g/mol. The van der Waals surface area contributed by atoms with E-state index in [4.69, 9.17) is 16.1 Å². The van der Waals surface area contributed by atoms with Crippen LogP contribution >= 0.6 is 0 Å². The Labute approximate surface area is 80.8 Å². The van der Waals surface area contributed by atoms with Gasteiger partial charge in [0.05, 0.1) is 12.1 Å². The number of nitrogens with two attached hydrogens (primary N) is 1. The Kier molecular flexibility index (Phi) is 2.70. The normalized spacial score (nSPS) is 14.4. The van der Waals surface area contributed by atoms with Gasteiger partial charge >= 0.3 is 0 Å². The number of hydrogen-bond acceptors (Lipinski definition) is 4. The van der Waals surface area contributed by atoms with Gasteiger partial charge in [-0.1, -0.05) is 0 Å². The van der Waals surface area contributed by atoms with Gasteiger partial charge in [-0.2, -0.15) is 5.26 Å². The van der Waals surface area contributed by atoms with Crippen LogP contribution in [0.5, 0.6) is 0 Å². The van der Waals surface area contributed by atoms with Gasteiger partial charge in [-0.15, -0.1) is 0 Å². The van der Waals surface area contributed by atoms with Crippen molar-refractivity contribution in [1.82, 2.24) is 4.98 Å². The second kappa shape index (κ2) is 3.62. The molecule has 0 bridgehead atoms. The van der Waals surface area contributed by atoms with E-state index in [1.807, 2.05) is 0 Å². The van der Waals surface area contributed by atoms with Crippen LogP contribution in [0.3, 0.4) is 0 Å². The van der Waals surface area contributed by atoms with Crippen molar-refractivity contribution in [2.24, 2.45) is 5.73 Å². The summed E-state index contributed by atoms with van der Waals surface area (Å²) in [5.41, 5.74) is 4.84. The minimum absolute atomic E-state index is 0.00683. The second-order valence-electron chi connectivity index (χ2n) is 3.32. The molecule has 1 aromatic rings. The maximum Gasteiger partial charge on any atom is 0.265 e. The molecule has 1 rings (SSSR count). The molecule has 74 valence electrons. The van der Waals surface area contributed by atoms with Crippen LogP contribution in [0.15, 0.2) is 17.1 Å². The van der Waals surface area contributed by atoms with Crippen LogP contribution < -0.4 is 11.3 Å². The number of pyridine rings is 1. The molecule has 4 N–H and O–H groups in total. The summed E-state index contributed by atoms with van der Waals surface area (Å²) in [6.07, 6.45) is 1.40. The molecule has 5 heteroatoms. The molecule has 1 aromatic heterocycles. The SMILES string of the molecule is C[C@](N)(CO)c1c[nH]c(=O)c(C#N)c1. The van der Waals surface area contributed by atoms with Crippen LogP contribution in [0.2, 0.25) is 0 Å². The van der Waals surface area contributed by atoms with Gasteiger partial charge in [0.1, 0.15) is 11.6 Å². The van der Waals surface area contributed by atoms with Crippen molar-refractivity contribution in [3.63, 3.8) is 0 Å². The largest absolute Gasteiger partial charge is 0.394 e. The molecule has 1 atom stereocenters. The predicted molar refractivity (Wildman–Crippen MR) is 50.4 cm³/mol. The molecule has 14 heavy (non-hydrogen) atoms. The Morgan fingerprint density at radius 1 is 1.79 bits per heavy atom. The highest BCUT2D eigenvalue weighted by Crippen LogP contribution is 2.15. The third-order valence-corrected chi connectivity index (χ3v) is 2.01. The fraction of sp³-hybridized carbons (Fsp3) is 0.333. The zero-order chi connectivity index (χ0) is 10.8. The third kappa shape index (κ3) is 1.82. The smallest absolute Gasteiger partial charge is 0.265 e. The molecular weight excluding hydrogens is 182 g/mol. The summed E-state index contributed by atoms with van der Waals surface area (Å²) in [6, 6.07) is 3.13. The Morgan fingerprint density at radius 2 is 2.43 bits per heavy atom. The van der Waals surface area contributed by atoms with Crippen LogP contribution in [0.25, 0.3) is 0 Å². The van der Waals surface area contributed by atoms with Crippen molar-refractivity contribution < 1.29 is 5.11 Å². The van der Waals surface area contributed by atoms with Gasteiger partial charge in [0.15, 0.2) is 0 Å². The number of aliphatic hydroxyl groups excluding tert-OH is 1. The Balaban J connectivity index is 3.28. The van der Waals surface area contributed by atoms with Crippen molar-refractivity contribution in [3.8, 4) is 6.07 Å². The highest BCUT2D eigenvalue weighted by atomic mass is 16.3. The van der Waals surface area contributed by atoms with Crippen molar-refractivity contribution in [3.05, 3.63) is 33.7 Å². The first-order chi connectivity index (χ1) is 6.51. The number of rotatable bonds is 2. The van der Waals surface area contributed by atoms with E-state index < -0.39 is 11.1 Å². The number of nitriles is 1. The molecule has 0 saturated heterocycles. The first-order valence-electron chi connectivity index (χ1n) is 4.04. The summed E-state index contributed by atoms with van der Waals surface area (Å²) >= 11 is 0. The lowest BCUT2D eigenvalue weighted by Crippen LogP contribution is -2.37. The molecule has 1 heterocycles. The van der Waals surface area contributed by atoms with Crippen LogP contribution in [0, 0.1) is 11.3 Å². The zero-order valence-electron chi connectivity index (χ0n) is 7.74. The fourth-order valence-electron chi connectivity index (χ4n) is 0.988. The van der Waals surface area contributed by atoms with Gasteiger partial charge in [-0.05, 0) is 18.6 Å². The Bertz CT molecular complexity index is 428. The molecule has 5 nitrogen and oxygen atoms in total. The third-order valence-electron chi connectivity index (χ3n) is 2.01. The van der Waals surface area contributed by atoms with Crippen molar-refractivity contribution in [1.29, 1.82) is 5.26 Å². The maximum atomic E-state index is 11.0. The number of hydrogen-bond donors (Lipinski definition) is 3. The standard InChI is InChI=1S/C9H11N3O2/c1-9(11,5-13)7-2-6(3-10)8(14)12-4-7/h2,4,13H,5,11H2,1H3,(H,12,14)/t9-/m0/s1. The monoisotopic (exact) mass is 193 g/mol. The van der Waals surface area contributed by atoms with Crippen LogP contribution in [0.4, 0.5) is 0 Å². The number of aliphatic hydroxyl groups is 1. The molecule has 0 fully saturated rings. The van der Waals surface area contributed by atoms with E-state index in [-0.39, 0.29) is 12.2 Å². The van der Waals surface area contributed by atoms with Crippen LogP contribution in [-0.2, 0) is 5.54 Å². The van der Waals surface area contributed by atoms with Gasteiger partial charge in [0.2, 0.25) is 0 Å². The molecule has 0 unspecified atom stereocenters. The number of nitrogens with one attached hydrogen (secondary N) is 1. The second-order valence-corrected chi connectivity index (χ2v) is 3.32. The predicted octanol–water partition coefficient (Wildman–Crippen LogP) is -0.587. The zero-order valence-corrected chi connectivity index (χ0v) is 7.74. The highest BCUT2D eigenvalue weighted by Gasteiger charge is 2.20. The van der Waals surface area contributed by atoms with E-state index in [9.17, 15) is 4.79 Å². The molecule has 0 aliphatic heterocycles. The van der Waals surface area contributed by atoms with E-state index in [0.717, 1.165) is 0 Å². The highest BCUT2D eigenvalue weighted by molar-refractivity contribution is 5.32. The number of aromatic amines is 1. The first kappa shape index (κ1) is 10.4. The summed E-state index contributed by atoms with van der Waals surface area (Å²) in [5, 5.41) is 17.6. The molecule has 0 spiro atoms. The van der Waals surface area contributed by atoms with Gasteiger partial charge in [0, 0.05) is 6.20 Å². The van der Waals surface area contributed by atoms with Crippen LogP contribution in [-0.4, -0.2) is 16.7 Å². The molecule has 0 aliphatic rings. The van der Waals surface area contributed by atoms with Crippen molar-refractivity contribution in [2.45, 2.75) is 12.5 Å². The average Bonchev–Trinajstić information content (AvgIpc) is 2.18. The minimum atomic E-state index is -0.949. The number of aromatic nitrogens is 1. The van der Waals surface area contributed by atoms with E-state index >= 15 is 0 Å². The molecule has 0 saturated carbocycles. The summed E-state index contributed by atoms with van der Waals surface area (Å²) in [4.78, 5) is 13.4. The quantitative estimate of drug-likeness (QED) is 0.584. The molecule has 0 aliphatic carbocycles.